The van der Waals surface area contributed by atoms with Gasteiger partial charge >= 0.3 is 0 Å². The zero-order valence-corrected chi connectivity index (χ0v) is 10.2. The number of nitrogens with two attached hydrogens (primary N) is 1. The second kappa shape index (κ2) is 8.75. The lowest BCUT2D eigenvalue weighted by molar-refractivity contribution is -0.121. The van der Waals surface area contributed by atoms with Crippen molar-refractivity contribution in [2.75, 3.05) is 13.1 Å². The molecule has 1 amide bonds. The molecule has 0 spiro atoms. The van der Waals surface area contributed by atoms with Crippen LogP contribution in [-0.2, 0) is 11.2 Å². The zero-order valence-electron chi connectivity index (χ0n) is 10.2. The monoisotopic (exact) mass is 238 g/mol. The molecule has 1 heterocycles. The Hall–Kier alpha value is -1.36. The topological polar surface area (TPSA) is 83.8 Å². The summed E-state index contributed by atoms with van der Waals surface area (Å²) in [5.41, 5.74) is 5.38. The first-order valence-corrected chi connectivity index (χ1v) is 6.28. The average Bonchev–Trinajstić information content (AvgIpc) is 2.83. The summed E-state index contributed by atoms with van der Waals surface area (Å²) in [6, 6.07) is 0. The van der Waals surface area contributed by atoms with Gasteiger partial charge in [-0.25, -0.2) is 4.98 Å². The van der Waals surface area contributed by atoms with E-state index in [1.807, 2.05) is 6.20 Å². The van der Waals surface area contributed by atoms with Crippen LogP contribution in [0.2, 0.25) is 0 Å². The summed E-state index contributed by atoms with van der Waals surface area (Å²) in [5.74, 6) is 1.11. The van der Waals surface area contributed by atoms with Gasteiger partial charge in [-0.15, -0.1) is 0 Å². The van der Waals surface area contributed by atoms with Gasteiger partial charge in [0.1, 0.15) is 5.82 Å². The molecule has 0 atom stereocenters. The van der Waals surface area contributed by atoms with Gasteiger partial charge in [0.2, 0.25) is 5.91 Å². The Morgan fingerprint density at radius 3 is 2.94 bits per heavy atom. The quantitative estimate of drug-likeness (QED) is 0.561. The number of hydrogen-bond acceptors (Lipinski definition) is 3. The normalized spacial score (nSPS) is 10.4. The predicted molar refractivity (Wildman–Crippen MR) is 67.4 cm³/mol. The van der Waals surface area contributed by atoms with E-state index in [1.165, 1.54) is 0 Å². The third-order valence-electron chi connectivity index (χ3n) is 2.58. The van der Waals surface area contributed by atoms with Crippen molar-refractivity contribution >= 4 is 5.91 Å². The van der Waals surface area contributed by atoms with E-state index in [4.69, 9.17) is 5.73 Å². The fourth-order valence-electron chi connectivity index (χ4n) is 1.61. The number of hydrogen-bond donors (Lipinski definition) is 3. The Morgan fingerprint density at radius 1 is 1.35 bits per heavy atom. The number of aryl methyl sites for hydroxylation is 1. The van der Waals surface area contributed by atoms with Crippen molar-refractivity contribution in [3.05, 3.63) is 18.2 Å². The molecule has 0 aromatic carbocycles. The van der Waals surface area contributed by atoms with E-state index in [0.29, 0.717) is 13.0 Å². The van der Waals surface area contributed by atoms with Gasteiger partial charge in [0.15, 0.2) is 0 Å². The number of amides is 1. The van der Waals surface area contributed by atoms with Gasteiger partial charge in [-0.1, -0.05) is 6.42 Å². The van der Waals surface area contributed by atoms with Crippen molar-refractivity contribution in [3.8, 4) is 0 Å². The molecule has 0 aliphatic rings. The van der Waals surface area contributed by atoms with E-state index in [-0.39, 0.29) is 5.91 Å². The number of carbonyl (C=O) groups excluding carboxylic acids is 1. The number of imidazole rings is 1. The van der Waals surface area contributed by atoms with Crippen LogP contribution in [0.1, 0.15) is 37.9 Å². The van der Waals surface area contributed by atoms with E-state index >= 15 is 0 Å². The van der Waals surface area contributed by atoms with Crippen LogP contribution in [0.3, 0.4) is 0 Å². The maximum atomic E-state index is 11.4. The highest BCUT2D eigenvalue weighted by molar-refractivity contribution is 5.75. The maximum absolute atomic E-state index is 11.4. The van der Waals surface area contributed by atoms with E-state index in [2.05, 4.69) is 15.3 Å². The first kappa shape index (κ1) is 13.7. The molecule has 0 fully saturated rings. The smallest absolute Gasteiger partial charge is 0.219 e. The SMILES string of the molecule is NCCCCCC(=O)NCCCc1ncc[nH]1. The number of nitrogens with zero attached hydrogens (tertiary/aromatic N) is 1. The molecule has 17 heavy (non-hydrogen) atoms. The van der Waals surface area contributed by atoms with Gasteiger partial charge in [-0.05, 0) is 25.8 Å². The summed E-state index contributed by atoms with van der Waals surface area (Å²) in [7, 11) is 0. The summed E-state index contributed by atoms with van der Waals surface area (Å²) >= 11 is 0. The van der Waals surface area contributed by atoms with Crippen molar-refractivity contribution in [1.82, 2.24) is 15.3 Å². The number of aromatic nitrogens is 2. The lowest BCUT2D eigenvalue weighted by Gasteiger charge is -2.04. The number of aromatic amines is 1. The van der Waals surface area contributed by atoms with Crippen LogP contribution in [0, 0.1) is 0 Å². The van der Waals surface area contributed by atoms with Crippen molar-refractivity contribution in [3.63, 3.8) is 0 Å². The third kappa shape index (κ3) is 6.73. The molecular weight excluding hydrogens is 216 g/mol. The summed E-state index contributed by atoms with van der Waals surface area (Å²) in [6.07, 6.45) is 8.93. The molecule has 0 unspecified atom stereocenters. The van der Waals surface area contributed by atoms with E-state index < -0.39 is 0 Å². The van der Waals surface area contributed by atoms with Crippen LogP contribution in [0.15, 0.2) is 12.4 Å². The second-order valence-electron chi connectivity index (χ2n) is 4.09. The van der Waals surface area contributed by atoms with Crippen molar-refractivity contribution < 1.29 is 4.79 Å². The molecule has 0 saturated heterocycles. The Bertz CT molecular complexity index is 297. The van der Waals surface area contributed by atoms with Crippen LogP contribution in [0.25, 0.3) is 0 Å². The van der Waals surface area contributed by atoms with Crippen LogP contribution < -0.4 is 11.1 Å². The van der Waals surface area contributed by atoms with E-state index in [0.717, 1.165) is 44.5 Å². The maximum Gasteiger partial charge on any atom is 0.219 e. The Labute approximate surface area is 102 Å². The standard InChI is InChI=1S/C12H22N4O/c13-7-3-1-2-6-12(17)16-8-4-5-11-14-9-10-15-11/h9-10H,1-8,13H2,(H,14,15)(H,16,17). The number of rotatable bonds is 9. The number of unbranched alkanes of at least 4 members (excludes halogenated alkanes) is 2. The minimum atomic E-state index is 0.140. The minimum Gasteiger partial charge on any atom is -0.356 e. The van der Waals surface area contributed by atoms with Crippen LogP contribution in [0.5, 0.6) is 0 Å². The lowest BCUT2D eigenvalue weighted by atomic mass is 10.2. The molecule has 0 aliphatic heterocycles. The summed E-state index contributed by atoms with van der Waals surface area (Å²) in [6.45, 7) is 1.43. The summed E-state index contributed by atoms with van der Waals surface area (Å²) in [4.78, 5) is 18.6. The minimum absolute atomic E-state index is 0.140. The zero-order chi connectivity index (χ0) is 12.3. The first-order chi connectivity index (χ1) is 8.33. The number of carbonyl (C=O) groups is 1. The molecule has 0 bridgehead atoms. The summed E-state index contributed by atoms with van der Waals surface area (Å²) < 4.78 is 0. The number of H-pyrrole nitrogens is 1. The van der Waals surface area contributed by atoms with E-state index in [1.54, 1.807) is 6.20 Å². The Kier molecular flexibility index (Phi) is 7.06. The first-order valence-electron chi connectivity index (χ1n) is 6.28. The fourth-order valence-corrected chi connectivity index (χ4v) is 1.61. The highest BCUT2D eigenvalue weighted by Gasteiger charge is 2.00. The molecular formula is C12H22N4O. The molecule has 0 saturated carbocycles. The molecule has 5 nitrogen and oxygen atoms in total. The molecule has 4 N–H and O–H groups in total. The molecule has 1 rings (SSSR count). The highest BCUT2D eigenvalue weighted by Crippen LogP contribution is 1.98. The van der Waals surface area contributed by atoms with Crippen LogP contribution in [0.4, 0.5) is 0 Å². The van der Waals surface area contributed by atoms with E-state index in [9.17, 15) is 4.79 Å². The van der Waals surface area contributed by atoms with Crippen LogP contribution >= 0.6 is 0 Å². The largest absolute Gasteiger partial charge is 0.356 e. The average molecular weight is 238 g/mol. The molecule has 0 aliphatic carbocycles. The van der Waals surface area contributed by atoms with Gasteiger partial charge < -0.3 is 16.0 Å². The van der Waals surface area contributed by atoms with Gasteiger partial charge in [-0.2, -0.15) is 0 Å². The molecule has 1 aromatic heterocycles. The van der Waals surface area contributed by atoms with Crippen molar-refractivity contribution in [2.45, 2.75) is 38.5 Å². The molecule has 96 valence electrons. The Balaban J connectivity index is 1.93. The van der Waals surface area contributed by atoms with Crippen molar-refractivity contribution in [1.29, 1.82) is 0 Å². The third-order valence-corrected chi connectivity index (χ3v) is 2.58. The van der Waals surface area contributed by atoms with Gasteiger partial charge in [0.05, 0.1) is 0 Å². The molecule has 5 heteroatoms. The predicted octanol–water partition coefficient (Wildman–Crippen LogP) is 0.978. The lowest BCUT2D eigenvalue weighted by Crippen LogP contribution is -2.24. The van der Waals surface area contributed by atoms with Gasteiger partial charge in [0.25, 0.3) is 0 Å². The summed E-state index contributed by atoms with van der Waals surface area (Å²) in [5, 5.41) is 2.91. The Morgan fingerprint density at radius 2 is 2.24 bits per heavy atom. The van der Waals surface area contributed by atoms with Crippen molar-refractivity contribution in [2.24, 2.45) is 5.73 Å². The van der Waals surface area contributed by atoms with Crippen LogP contribution in [-0.4, -0.2) is 29.0 Å². The number of nitrogens with one attached hydrogen (secondary N) is 2. The van der Waals surface area contributed by atoms with Gasteiger partial charge in [-0.3, -0.25) is 4.79 Å². The van der Waals surface area contributed by atoms with Gasteiger partial charge in [0, 0.05) is 31.8 Å². The second-order valence-corrected chi connectivity index (χ2v) is 4.09. The molecule has 1 aromatic rings. The highest BCUT2D eigenvalue weighted by atomic mass is 16.1. The molecule has 0 radical (unpaired) electrons. The fraction of sp³-hybridized carbons (Fsp3) is 0.667.